The highest BCUT2D eigenvalue weighted by molar-refractivity contribution is 5.80. The van der Waals surface area contributed by atoms with Crippen molar-refractivity contribution in [3.05, 3.63) is 0 Å². The Bertz CT molecular complexity index is 538. The zero-order valence-corrected chi connectivity index (χ0v) is 15.1. The highest BCUT2D eigenvalue weighted by atomic mass is 16.1. The van der Waals surface area contributed by atoms with Gasteiger partial charge in [0, 0.05) is 18.8 Å². The van der Waals surface area contributed by atoms with E-state index in [1.54, 1.807) is 0 Å². The molecule has 0 saturated heterocycles. The molecule has 0 aliphatic heterocycles. The summed E-state index contributed by atoms with van der Waals surface area (Å²) in [6, 6.07) is 0. The van der Waals surface area contributed by atoms with Crippen molar-refractivity contribution in [1.82, 2.24) is 0 Å². The molecule has 6 unspecified atom stereocenters. The van der Waals surface area contributed by atoms with Crippen LogP contribution in [-0.2, 0) is 9.59 Å². The van der Waals surface area contributed by atoms with Gasteiger partial charge in [-0.3, -0.25) is 9.59 Å². The second-order valence-electron chi connectivity index (χ2n) is 9.68. The van der Waals surface area contributed by atoms with Gasteiger partial charge in [-0.2, -0.15) is 0 Å². The van der Waals surface area contributed by atoms with Crippen molar-refractivity contribution < 1.29 is 9.59 Å². The highest BCUT2D eigenvalue weighted by Crippen LogP contribution is 2.67. The molecule has 0 aromatic carbocycles. The minimum atomic E-state index is 0.265. The quantitative estimate of drug-likeness (QED) is 0.696. The molecule has 128 valence electrons. The Kier molecular flexibility index (Phi) is 3.56. The molecular formula is C21H32O2. The van der Waals surface area contributed by atoms with Crippen molar-refractivity contribution in [3.8, 4) is 0 Å². The second-order valence-corrected chi connectivity index (χ2v) is 9.68. The van der Waals surface area contributed by atoms with Crippen LogP contribution in [0.15, 0.2) is 0 Å². The first-order valence-corrected chi connectivity index (χ1v) is 9.88. The zero-order valence-electron chi connectivity index (χ0n) is 15.1. The van der Waals surface area contributed by atoms with Gasteiger partial charge in [-0.15, -0.1) is 0 Å². The lowest BCUT2D eigenvalue weighted by molar-refractivity contribution is -0.143. The Morgan fingerprint density at radius 3 is 2.43 bits per heavy atom. The molecule has 0 aromatic heterocycles. The minimum absolute atomic E-state index is 0.265. The molecule has 0 N–H and O–H groups in total. The molecule has 2 nitrogen and oxygen atoms in total. The van der Waals surface area contributed by atoms with E-state index in [-0.39, 0.29) is 5.41 Å². The molecule has 2 heteroatoms. The van der Waals surface area contributed by atoms with E-state index in [1.807, 2.05) is 6.92 Å². The van der Waals surface area contributed by atoms with E-state index in [0.717, 1.165) is 43.4 Å². The van der Waals surface area contributed by atoms with Gasteiger partial charge in [0.15, 0.2) is 0 Å². The van der Waals surface area contributed by atoms with E-state index in [4.69, 9.17) is 0 Å². The maximum absolute atomic E-state index is 12.2. The predicted molar refractivity (Wildman–Crippen MR) is 90.9 cm³/mol. The summed E-state index contributed by atoms with van der Waals surface area (Å²) < 4.78 is 0. The van der Waals surface area contributed by atoms with Crippen LogP contribution in [0.25, 0.3) is 0 Å². The van der Waals surface area contributed by atoms with Gasteiger partial charge in [0.25, 0.3) is 0 Å². The normalized spacial score (nSPS) is 52.5. The first kappa shape index (κ1) is 15.8. The number of rotatable bonds is 1. The summed E-state index contributed by atoms with van der Waals surface area (Å²) in [5.41, 5.74) is 0.660. The highest BCUT2D eigenvalue weighted by Gasteiger charge is 2.60. The standard InChI is InChI=1S/C21H32O2/c1-13(22)17-6-7-18-16-5-4-14-12-15(23)8-10-20(14,2)19(16)9-11-21(17,18)3/h14,16-19H,4-12H2,1-3H3/t14?,16?,17-,18?,19?,20?,21?/m1/s1. The van der Waals surface area contributed by atoms with Crippen molar-refractivity contribution in [2.24, 2.45) is 40.4 Å². The molecule has 4 rings (SSSR count). The van der Waals surface area contributed by atoms with E-state index in [1.165, 1.54) is 32.1 Å². The summed E-state index contributed by atoms with van der Waals surface area (Å²) in [7, 11) is 0. The predicted octanol–water partition coefficient (Wildman–Crippen LogP) is 4.80. The maximum Gasteiger partial charge on any atom is 0.133 e. The molecule has 4 fully saturated rings. The summed E-state index contributed by atoms with van der Waals surface area (Å²) in [4.78, 5) is 24.1. The van der Waals surface area contributed by atoms with Crippen LogP contribution in [0.1, 0.15) is 78.6 Å². The third kappa shape index (κ3) is 2.12. The van der Waals surface area contributed by atoms with E-state index in [0.29, 0.717) is 28.8 Å². The van der Waals surface area contributed by atoms with Crippen LogP contribution in [0.5, 0.6) is 0 Å². The topological polar surface area (TPSA) is 34.1 Å². The fourth-order valence-electron chi connectivity index (χ4n) is 7.71. The van der Waals surface area contributed by atoms with Gasteiger partial charge < -0.3 is 0 Å². The smallest absolute Gasteiger partial charge is 0.133 e. The molecular weight excluding hydrogens is 284 g/mol. The monoisotopic (exact) mass is 316 g/mol. The van der Waals surface area contributed by atoms with Crippen LogP contribution in [0, 0.1) is 40.4 Å². The van der Waals surface area contributed by atoms with Gasteiger partial charge in [-0.25, -0.2) is 0 Å². The van der Waals surface area contributed by atoms with Gasteiger partial charge >= 0.3 is 0 Å². The van der Waals surface area contributed by atoms with Crippen LogP contribution in [0.3, 0.4) is 0 Å². The van der Waals surface area contributed by atoms with E-state index < -0.39 is 0 Å². The largest absolute Gasteiger partial charge is 0.300 e. The molecule has 4 aliphatic rings. The number of hydrogen-bond acceptors (Lipinski definition) is 2. The number of fused-ring (bicyclic) bond motifs is 5. The molecule has 0 amide bonds. The molecule has 7 atom stereocenters. The van der Waals surface area contributed by atoms with E-state index in [9.17, 15) is 9.59 Å². The fraction of sp³-hybridized carbons (Fsp3) is 0.905. The third-order valence-corrected chi connectivity index (χ3v) is 8.97. The average molecular weight is 316 g/mol. The second kappa shape index (κ2) is 5.17. The Morgan fingerprint density at radius 2 is 1.70 bits per heavy atom. The van der Waals surface area contributed by atoms with Gasteiger partial charge in [0.05, 0.1) is 0 Å². The van der Waals surface area contributed by atoms with Gasteiger partial charge in [0.1, 0.15) is 11.6 Å². The minimum Gasteiger partial charge on any atom is -0.300 e. The summed E-state index contributed by atoms with van der Waals surface area (Å²) in [5.74, 6) is 4.25. The first-order chi connectivity index (χ1) is 10.9. The Morgan fingerprint density at radius 1 is 0.957 bits per heavy atom. The molecule has 4 saturated carbocycles. The molecule has 4 aliphatic carbocycles. The molecule has 0 bridgehead atoms. The maximum atomic E-state index is 12.2. The number of carbonyl (C=O) groups excluding carboxylic acids is 2. The lowest BCUT2D eigenvalue weighted by atomic mass is 9.44. The van der Waals surface area contributed by atoms with Gasteiger partial charge in [-0.1, -0.05) is 13.8 Å². The zero-order chi connectivity index (χ0) is 16.4. The van der Waals surface area contributed by atoms with Crippen molar-refractivity contribution in [2.75, 3.05) is 0 Å². The van der Waals surface area contributed by atoms with Crippen molar-refractivity contribution in [3.63, 3.8) is 0 Å². The lowest BCUT2D eigenvalue weighted by Gasteiger charge is -2.60. The van der Waals surface area contributed by atoms with Crippen LogP contribution < -0.4 is 0 Å². The van der Waals surface area contributed by atoms with Crippen molar-refractivity contribution in [2.45, 2.75) is 78.6 Å². The van der Waals surface area contributed by atoms with Gasteiger partial charge in [-0.05, 0) is 86.4 Å². The van der Waals surface area contributed by atoms with Crippen molar-refractivity contribution >= 4 is 11.6 Å². The summed E-state index contributed by atoms with van der Waals surface area (Å²) >= 11 is 0. The molecule has 0 heterocycles. The number of hydrogen-bond donors (Lipinski definition) is 0. The number of carbonyl (C=O) groups is 2. The van der Waals surface area contributed by atoms with Crippen LogP contribution in [0.2, 0.25) is 0 Å². The molecule has 0 radical (unpaired) electrons. The SMILES string of the molecule is CC(=O)[C@H]1CCC2C3CCC4CC(=O)CCC4(C)C3CCC21C. The molecule has 0 spiro atoms. The Labute approximate surface area is 140 Å². The van der Waals surface area contributed by atoms with Crippen LogP contribution in [0.4, 0.5) is 0 Å². The fourth-order valence-corrected chi connectivity index (χ4v) is 7.71. The summed E-state index contributed by atoms with van der Waals surface area (Å²) in [6.07, 6.45) is 10.3. The number of ketones is 2. The Hall–Kier alpha value is -0.660. The summed E-state index contributed by atoms with van der Waals surface area (Å²) in [6.45, 7) is 6.74. The number of Topliss-reactive ketones (excluding diaryl/α,β-unsaturated/α-hetero) is 2. The van der Waals surface area contributed by atoms with Gasteiger partial charge in [0.2, 0.25) is 0 Å². The molecule has 23 heavy (non-hydrogen) atoms. The van der Waals surface area contributed by atoms with Crippen molar-refractivity contribution in [1.29, 1.82) is 0 Å². The van der Waals surface area contributed by atoms with Crippen LogP contribution >= 0.6 is 0 Å². The van der Waals surface area contributed by atoms with E-state index >= 15 is 0 Å². The summed E-state index contributed by atoms with van der Waals surface area (Å²) in [5, 5.41) is 0. The Balaban J connectivity index is 1.63. The lowest BCUT2D eigenvalue weighted by Crippen LogP contribution is -2.53. The van der Waals surface area contributed by atoms with Crippen LogP contribution in [-0.4, -0.2) is 11.6 Å². The average Bonchev–Trinajstić information content (AvgIpc) is 2.85. The van der Waals surface area contributed by atoms with E-state index in [2.05, 4.69) is 13.8 Å². The molecule has 0 aromatic rings. The third-order valence-electron chi connectivity index (χ3n) is 8.97. The first-order valence-electron chi connectivity index (χ1n) is 9.88.